The van der Waals surface area contributed by atoms with Crippen molar-refractivity contribution in [2.45, 2.75) is 83.4 Å². The molecule has 2 fully saturated rings. The van der Waals surface area contributed by atoms with E-state index in [0.717, 1.165) is 12.5 Å². The van der Waals surface area contributed by atoms with Crippen molar-refractivity contribution in [2.24, 2.45) is 5.92 Å². The lowest BCUT2D eigenvalue weighted by atomic mass is 9.91. The number of ether oxygens (including phenoxy) is 1. The van der Waals surface area contributed by atoms with Gasteiger partial charge in [0, 0.05) is 18.7 Å². The Kier molecular flexibility index (Phi) is 5.30. The zero-order chi connectivity index (χ0) is 12.1. The lowest BCUT2D eigenvalue weighted by Gasteiger charge is -2.33. The minimum absolute atomic E-state index is 0.447. The molecule has 0 spiro atoms. The number of hydrogen-bond donors (Lipinski definition) is 1. The fourth-order valence-electron chi connectivity index (χ4n) is 3.47. The maximum absolute atomic E-state index is 5.62. The fraction of sp³-hybridized carbons (Fsp3) is 1.00. The van der Waals surface area contributed by atoms with Crippen molar-refractivity contribution in [1.82, 2.24) is 5.32 Å². The Morgan fingerprint density at radius 1 is 1.06 bits per heavy atom. The maximum Gasteiger partial charge on any atom is 0.0561 e. The van der Waals surface area contributed by atoms with Crippen molar-refractivity contribution >= 4 is 0 Å². The van der Waals surface area contributed by atoms with E-state index in [0.29, 0.717) is 18.2 Å². The SMILES string of the molecule is CC1CC(N[C@H](C)C2CCCCCC2)CCO1. The van der Waals surface area contributed by atoms with E-state index < -0.39 is 0 Å². The second-order valence-corrected chi connectivity index (χ2v) is 6.11. The summed E-state index contributed by atoms with van der Waals surface area (Å²) in [6.45, 7) is 5.54. The van der Waals surface area contributed by atoms with Crippen LogP contribution in [0.25, 0.3) is 0 Å². The van der Waals surface area contributed by atoms with E-state index in [-0.39, 0.29) is 0 Å². The van der Waals surface area contributed by atoms with Gasteiger partial charge < -0.3 is 10.1 Å². The van der Waals surface area contributed by atoms with Crippen molar-refractivity contribution in [3.63, 3.8) is 0 Å². The molecule has 2 unspecified atom stereocenters. The molecule has 100 valence electrons. The van der Waals surface area contributed by atoms with Gasteiger partial charge in [-0.15, -0.1) is 0 Å². The van der Waals surface area contributed by atoms with E-state index in [1.54, 1.807) is 0 Å². The Balaban J connectivity index is 1.76. The van der Waals surface area contributed by atoms with Crippen LogP contribution in [-0.2, 0) is 4.74 Å². The Labute approximate surface area is 107 Å². The van der Waals surface area contributed by atoms with Gasteiger partial charge in [0.1, 0.15) is 0 Å². The van der Waals surface area contributed by atoms with E-state index in [9.17, 15) is 0 Å². The number of nitrogens with one attached hydrogen (secondary N) is 1. The molecule has 3 atom stereocenters. The van der Waals surface area contributed by atoms with Crippen molar-refractivity contribution in [3.8, 4) is 0 Å². The van der Waals surface area contributed by atoms with Crippen LogP contribution in [0.2, 0.25) is 0 Å². The summed E-state index contributed by atoms with van der Waals surface area (Å²) in [5, 5.41) is 3.87. The first-order valence-electron chi connectivity index (χ1n) is 7.63. The molecule has 1 heterocycles. The molecular formula is C15H29NO. The molecule has 2 rings (SSSR count). The maximum atomic E-state index is 5.62. The Hall–Kier alpha value is -0.0800. The second-order valence-electron chi connectivity index (χ2n) is 6.11. The Morgan fingerprint density at radius 3 is 2.41 bits per heavy atom. The molecule has 1 aliphatic heterocycles. The monoisotopic (exact) mass is 239 g/mol. The lowest BCUT2D eigenvalue weighted by molar-refractivity contribution is 0.0100. The summed E-state index contributed by atoms with van der Waals surface area (Å²) in [5.41, 5.74) is 0. The molecule has 0 radical (unpaired) electrons. The topological polar surface area (TPSA) is 21.3 Å². The Morgan fingerprint density at radius 2 is 1.76 bits per heavy atom. The summed E-state index contributed by atoms with van der Waals surface area (Å²) < 4.78 is 5.62. The zero-order valence-corrected chi connectivity index (χ0v) is 11.6. The summed E-state index contributed by atoms with van der Waals surface area (Å²) in [4.78, 5) is 0. The van der Waals surface area contributed by atoms with Crippen LogP contribution in [0.1, 0.15) is 65.2 Å². The van der Waals surface area contributed by atoms with Gasteiger partial charge in [-0.1, -0.05) is 25.7 Å². The average molecular weight is 239 g/mol. The summed E-state index contributed by atoms with van der Waals surface area (Å²) in [7, 11) is 0. The van der Waals surface area contributed by atoms with Crippen LogP contribution in [0.5, 0.6) is 0 Å². The van der Waals surface area contributed by atoms with E-state index in [4.69, 9.17) is 4.74 Å². The second kappa shape index (κ2) is 6.75. The van der Waals surface area contributed by atoms with Gasteiger partial charge in [-0.05, 0) is 45.4 Å². The van der Waals surface area contributed by atoms with E-state index in [1.807, 2.05) is 0 Å². The van der Waals surface area contributed by atoms with Crippen LogP contribution in [0.15, 0.2) is 0 Å². The van der Waals surface area contributed by atoms with E-state index in [1.165, 1.54) is 51.4 Å². The molecule has 1 aliphatic carbocycles. The van der Waals surface area contributed by atoms with Gasteiger partial charge >= 0.3 is 0 Å². The van der Waals surface area contributed by atoms with Gasteiger partial charge in [0.05, 0.1) is 6.10 Å². The predicted octanol–water partition coefficient (Wildman–Crippen LogP) is 3.50. The summed E-state index contributed by atoms with van der Waals surface area (Å²) >= 11 is 0. The number of rotatable bonds is 3. The fourth-order valence-corrected chi connectivity index (χ4v) is 3.47. The molecular weight excluding hydrogens is 210 g/mol. The van der Waals surface area contributed by atoms with Crippen LogP contribution in [-0.4, -0.2) is 24.8 Å². The molecule has 17 heavy (non-hydrogen) atoms. The van der Waals surface area contributed by atoms with Crippen molar-refractivity contribution < 1.29 is 4.74 Å². The van der Waals surface area contributed by atoms with E-state index >= 15 is 0 Å². The molecule has 0 aromatic rings. The van der Waals surface area contributed by atoms with Gasteiger partial charge in [-0.2, -0.15) is 0 Å². The van der Waals surface area contributed by atoms with E-state index in [2.05, 4.69) is 19.2 Å². The quantitative estimate of drug-likeness (QED) is 0.761. The van der Waals surface area contributed by atoms with Crippen LogP contribution < -0.4 is 5.32 Å². The Bertz CT molecular complexity index is 211. The third kappa shape index (κ3) is 4.26. The van der Waals surface area contributed by atoms with Gasteiger partial charge in [-0.3, -0.25) is 0 Å². The highest BCUT2D eigenvalue weighted by atomic mass is 16.5. The smallest absolute Gasteiger partial charge is 0.0561 e. The molecule has 1 saturated carbocycles. The summed E-state index contributed by atoms with van der Waals surface area (Å²) in [5.74, 6) is 0.913. The summed E-state index contributed by atoms with van der Waals surface area (Å²) in [6, 6.07) is 1.39. The highest BCUT2D eigenvalue weighted by molar-refractivity contribution is 4.81. The van der Waals surface area contributed by atoms with Crippen molar-refractivity contribution in [2.75, 3.05) is 6.61 Å². The number of hydrogen-bond acceptors (Lipinski definition) is 2. The normalized spacial score (nSPS) is 34.2. The molecule has 0 aromatic carbocycles. The largest absolute Gasteiger partial charge is 0.378 e. The first-order valence-corrected chi connectivity index (χ1v) is 7.63. The van der Waals surface area contributed by atoms with Gasteiger partial charge in [-0.25, -0.2) is 0 Å². The van der Waals surface area contributed by atoms with Crippen molar-refractivity contribution in [3.05, 3.63) is 0 Å². The third-order valence-electron chi connectivity index (χ3n) is 4.59. The van der Waals surface area contributed by atoms with Crippen LogP contribution in [0.3, 0.4) is 0 Å². The first kappa shape index (κ1) is 13.4. The minimum Gasteiger partial charge on any atom is -0.378 e. The molecule has 0 aromatic heterocycles. The molecule has 0 amide bonds. The minimum atomic E-state index is 0.447. The molecule has 1 saturated heterocycles. The van der Waals surface area contributed by atoms with Crippen molar-refractivity contribution in [1.29, 1.82) is 0 Å². The summed E-state index contributed by atoms with van der Waals surface area (Å²) in [6.07, 6.45) is 11.5. The molecule has 2 heteroatoms. The van der Waals surface area contributed by atoms with Crippen LogP contribution in [0.4, 0.5) is 0 Å². The highest BCUT2D eigenvalue weighted by Crippen LogP contribution is 2.26. The highest BCUT2D eigenvalue weighted by Gasteiger charge is 2.24. The lowest BCUT2D eigenvalue weighted by Crippen LogP contribution is -2.45. The first-order chi connectivity index (χ1) is 8.25. The van der Waals surface area contributed by atoms with Gasteiger partial charge in [0.25, 0.3) is 0 Å². The van der Waals surface area contributed by atoms with Gasteiger partial charge in [0.2, 0.25) is 0 Å². The molecule has 0 bridgehead atoms. The molecule has 1 N–H and O–H groups in total. The molecule has 2 nitrogen and oxygen atoms in total. The van der Waals surface area contributed by atoms with Crippen LogP contribution >= 0.6 is 0 Å². The van der Waals surface area contributed by atoms with Gasteiger partial charge in [0.15, 0.2) is 0 Å². The predicted molar refractivity (Wildman–Crippen MR) is 72.2 cm³/mol. The standard InChI is InChI=1S/C15H29NO/c1-12-11-15(9-10-17-12)16-13(2)14-7-5-3-4-6-8-14/h12-16H,3-11H2,1-2H3/t12?,13-,15?/m1/s1. The average Bonchev–Trinajstić information content (AvgIpc) is 2.57. The third-order valence-corrected chi connectivity index (χ3v) is 4.59. The van der Waals surface area contributed by atoms with Crippen LogP contribution in [0, 0.1) is 5.92 Å². The molecule has 2 aliphatic rings. The zero-order valence-electron chi connectivity index (χ0n) is 11.6.